The predicted octanol–water partition coefficient (Wildman–Crippen LogP) is 4.46. The molecule has 0 spiro atoms. The van der Waals surface area contributed by atoms with Crippen LogP contribution in [0.15, 0.2) is 24.3 Å². The Morgan fingerprint density at radius 1 is 1.13 bits per heavy atom. The Morgan fingerprint density at radius 3 is 2.20 bits per heavy atom. The average molecular weight is 201 g/mol. The molecule has 15 heavy (non-hydrogen) atoms. The second-order valence-corrected chi connectivity index (χ2v) is 4.54. The Balaban J connectivity index is 2.48. The maximum Gasteiger partial charge on any atom is 0.187 e. The van der Waals surface area contributed by atoms with Crippen LogP contribution in [0.2, 0.25) is 0 Å². The number of rotatable bonds is 4. The van der Waals surface area contributed by atoms with E-state index in [0.29, 0.717) is 0 Å². The molecule has 1 atom stereocenters. The molecule has 80 valence electrons. The first-order valence-electron chi connectivity index (χ1n) is 5.60. The Kier molecular flexibility index (Phi) is 4.37. The standard InChI is InChI=1S/C14H19N/c1-11(2)12(3)5-6-13-7-9-14(15-4)10-8-13/h7-12H,5-6H2,1-3H3. The third-order valence-corrected chi connectivity index (χ3v) is 3.09. The van der Waals surface area contributed by atoms with Crippen LogP contribution >= 0.6 is 0 Å². The molecule has 1 aromatic rings. The van der Waals surface area contributed by atoms with Gasteiger partial charge in [-0.15, -0.1) is 0 Å². The van der Waals surface area contributed by atoms with Gasteiger partial charge in [0.2, 0.25) is 0 Å². The molecule has 0 aliphatic carbocycles. The van der Waals surface area contributed by atoms with Crippen LogP contribution in [0, 0.1) is 18.4 Å². The molecule has 1 heteroatoms. The van der Waals surface area contributed by atoms with Crippen LogP contribution in [-0.2, 0) is 6.42 Å². The molecule has 0 N–H and O–H groups in total. The minimum atomic E-state index is 0.732. The molecule has 0 radical (unpaired) electrons. The summed E-state index contributed by atoms with van der Waals surface area (Å²) in [4.78, 5) is 3.39. The molecule has 0 saturated heterocycles. The first-order valence-corrected chi connectivity index (χ1v) is 5.60. The van der Waals surface area contributed by atoms with Crippen molar-refractivity contribution in [2.24, 2.45) is 11.8 Å². The summed E-state index contributed by atoms with van der Waals surface area (Å²) >= 11 is 0. The molecule has 0 bridgehead atoms. The summed E-state index contributed by atoms with van der Waals surface area (Å²) in [6, 6.07) is 7.95. The highest BCUT2D eigenvalue weighted by atomic mass is 14.6. The average Bonchev–Trinajstić information content (AvgIpc) is 2.26. The van der Waals surface area contributed by atoms with Crippen LogP contribution in [0.25, 0.3) is 4.85 Å². The Morgan fingerprint density at radius 2 is 1.73 bits per heavy atom. The van der Waals surface area contributed by atoms with E-state index < -0.39 is 0 Å². The fourth-order valence-electron chi connectivity index (χ4n) is 1.46. The molecule has 1 aromatic carbocycles. The third kappa shape index (κ3) is 3.75. The molecule has 1 unspecified atom stereocenters. The zero-order valence-corrected chi connectivity index (χ0v) is 9.83. The number of aryl methyl sites for hydroxylation is 1. The lowest BCUT2D eigenvalue weighted by Crippen LogP contribution is -2.04. The molecular weight excluding hydrogens is 182 g/mol. The summed E-state index contributed by atoms with van der Waals surface area (Å²) in [6.07, 6.45) is 2.35. The van der Waals surface area contributed by atoms with Gasteiger partial charge in [0.25, 0.3) is 0 Å². The van der Waals surface area contributed by atoms with Crippen LogP contribution in [0.3, 0.4) is 0 Å². The van der Waals surface area contributed by atoms with Crippen molar-refractivity contribution in [3.05, 3.63) is 41.2 Å². The lowest BCUT2D eigenvalue weighted by molar-refractivity contribution is 0.393. The van der Waals surface area contributed by atoms with Crippen LogP contribution < -0.4 is 0 Å². The second-order valence-electron chi connectivity index (χ2n) is 4.54. The Hall–Kier alpha value is -1.29. The van der Waals surface area contributed by atoms with Gasteiger partial charge in [-0.05, 0) is 24.7 Å². The fraction of sp³-hybridized carbons (Fsp3) is 0.500. The van der Waals surface area contributed by atoms with Crippen molar-refractivity contribution in [1.82, 2.24) is 0 Å². The van der Waals surface area contributed by atoms with Crippen molar-refractivity contribution >= 4 is 5.69 Å². The smallest absolute Gasteiger partial charge is 0.187 e. The van der Waals surface area contributed by atoms with Crippen LogP contribution in [0.1, 0.15) is 32.8 Å². The number of benzene rings is 1. The predicted molar refractivity (Wildman–Crippen MR) is 65.0 cm³/mol. The van der Waals surface area contributed by atoms with Crippen molar-refractivity contribution in [2.45, 2.75) is 33.6 Å². The monoisotopic (exact) mass is 201 g/mol. The topological polar surface area (TPSA) is 4.36 Å². The van der Waals surface area contributed by atoms with Crippen molar-refractivity contribution < 1.29 is 0 Å². The summed E-state index contributed by atoms with van der Waals surface area (Å²) < 4.78 is 0. The molecule has 0 amide bonds. The van der Waals surface area contributed by atoms with Crippen molar-refractivity contribution in [3.63, 3.8) is 0 Å². The third-order valence-electron chi connectivity index (χ3n) is 3.09. The van der Waals surface area contributed by atoms with Gasteiger partial charge in [-0.2, -0.15) is 0 Å². The molecule has 1 rings (SSSR count). The summed E-state index contributed by atoms with van der Waals surface area (Å²) in [5, 5.41) is 0. The van der Waals surface area contributed by atoms with E-state index in [2.05, 4.69) is 37.7 Å². The highest BCUT2D eigenvalue weighted by Crippen LogP contribution is 2.19. The van der Waals surface area contributed by atoms with Crippen molar-refractivity contribution in [1.29, 1.82) is 0 Å². The zero-order valence-electron chi connectivity index (χ0n) is 9.83. The minimum Gasteiger partial charge on any atom is -0.238 e. The molecule has 0 fully saturated rings. The molecular formula is C14H19N. The van der Waals surface area contributed by atoms with E-state index in [4.69, 9.17) is 6.57 Å². The van der Waals surface area contributed by atoms with Crippen molar-refractivity contribution in [3.8, 4) is 0 Å². The zero-order chi connectivity index (χ0) is 11.3. The van der Waals surface area contributed by atoms with E-state index in [9.17, 15) is 0 Å². The molecule has 0 aliphatic rings. The van der Waals surface area contributed by atoms with Crippen LogP contribution in [-0.4, -0.2) is 0 Å². The van der Waals surface area contributed by atoms with Crippen molar-refractivity contribution in [2.75, 3.05) is 0 Å². The number of hydrogen-bond acceptors (Lipinski definition) is 0. The fourth-order valence-corrected chi connectivity index (χ4v) is 1.46. The first-order chi connectivity index (χ1) is 7.13. The summed E-state index contributed by atoms with van der Waals surface area (Å²) in [5.74, 6) is 1.53. The van der Waals surface area contributed by atoms with Gasteiger partial charge in [-0.3, -0.25) is 0 Å². The number of hydrogen-bond donors (Lipinski definition) is 0. The SMILES string of the molecule is [C-]#[N+]c1ccc(CCC(C)C(C)C)cc1. The van der Waals surface area contributed by atoms with Gasteiger partial charge in [0.05, 0.1) is 6.57 Å². The van der Waals surface area contributed by atoms with E-state index >= 15 is 0 Å². The Bertz CT molecular complexity index is 329. The van der Waals surface area contributed by atoms with E-state index in [1.165, 1.54) is 12.0 Å². The minimum absolute atomic E-state index is 0.732. The number of nitrogens with zero attached hydrogens (tertiary/aromatic N) is 1. The van der Waals surface area contributed by atoms with Gasteiger partial charge < -0.3 is 0 Å². The second kappa shape index (κ2) is 5.56. The molecule has 0 aromatic heterocycles. The van der Waals surface area contributed by atoms with Gasteiger partial charge >= 0.3 is 0 Å². The molecule has 0 heterocycles. The first kappa shape index (κ1) is 11.8. The normalized spacial score (nSPS) is 12.5. The molecule has 1 nitrogen and oxygen atoms in total. The van der Waals surface area contributed by atoms with Gasteiger partial charge in [0.15, 0.2) is 5.69 Å². The van der Waals surface area contributed by atoms with Gasteiger partial charge in [-0.1, -0.05) is 50.6 Å². The Labute approximate surface area is 93.0 Å². The van der Waals surface area contributed by atoms with Gasteiger partial charge in [0.1, 0.15) is 0 Å². The van der Waals surface area contributed by atoms with Gasteiger partial charge in [-0.25, -0.2) is 4.85 Å². The summed E-state index contributed by atoms with van der Waals surface area (Å²) in [7, 11) is 0. The summed E-state index contributed by atoms with van der Waals surface area (Å²) in [5.41, 5.74) is 2.07. The van der Waals surface area contributed by atoms with Gasteiger partial charge in [0, 0.05) is 0 Å². The quantitative estimate of drug-likeness (QED) is 0.633. The van der Waals surface area contributed by atoms with Crippen LogP contribution in [0.4, 0.5) is 5.69 Å². The molecule has 0 saturated carbocycles. The lowest BCUT2D eigenvalue weighted by Gasteiger charge is -2.14. The lowest BCUT2D eigenvalue weighted by atomic mass is 9.91. The largest absolute Gasteiger partial charge is 0.238 e. The van der Waals surface area contributed by atoms with Crippen LogP contribution in [0.5, 0.6) is 0 Å². The van der Waals surface area contributed by atoms with E-state index in [-0.39, 0.29) is 0 Å². The maximum atomic E-state index is 6.87. The van der Waals surface area contributed by atoms with E-state index in [0.717, 1.165) is 23.9 Å². The molecule has 0 aliphatic heterocycles. The summed E-state index contributed by atoms with van der Waals surface area (Å²) in [6.45, 7) is 13.7. The highest BCUT2D eigenvalue weighted by Gasteiger charge is 2.06. The van der Waals surface area contributed by atoms with E-state index in [1.54, 1.807) is 0 Å². The van der Waals surface area contributed by atoms with E-state index in [1.807, 2.05) is 12.1 Å². The highest BCUT2D eigenvalue weighted by molar-refractivity contribution is 5.45. The maximum absolute atomic E-state index is 6.87.